The summed E-state index contributed by atoms with van der Waals surface area (Å²) < 4.78 is 14.3. The predicted molar refractivity (Wildman–Crippen MR) is 88.6 cm³/mol. The quantitative estimate of drug-likeness (QED) is 0.858. The van der Waals surface area contributed by atoms with E-state index in [1.807, 2.05) is 7.05 Å². The first-order valence-electron chi connectivity index (χ1n) is 6.78. The average Bonchev–Trinajstić information content (AvgIpc) is 2.43. The monoisotopic (exact) mass is 302 g/mol. The van der Waals surface area contributed by atoms with Gasteiger partial charge in [-0.15, -0.1) is 0 Å². The summed E-state index contributed by atoms with van der Waals surface area (Å²) >= 11 is 4.86. The minimum absolute atomic E-state index is 0.0931. The fourth-order valence-corrected chi connectivity index (χ4v) is 2.40. The molecule has 0 fully saturated rings. The van der Waals surface area contributed by atoms with Gasteiger partial charge in [0.1, 0.15) is 10.8 Å². The van der Waals surface area contributed by atoms with Crippen LogP contribution in [-0.2, 0) is 13.1 Å². The molecular weight excluding hydrogens is 283 g/mol. The molecule has 0 saturated carbocycles. The maximum atomic E-state index is 14.3. The van der Waals surface area contributed by atoms with Gasteiger partial charge in [-0.2, -0.15) is 0 Å². The van der Waals surface area contributed by atoms with Crippen LogP contribution in [-0.4, -0.2) is 16.9 Å². The Kier molecular flexibility index (Phi) is 5.04. The third-order valence-electron chi connectivity index (χ3n) is 3.36. The van der Waals surface area contributed by atoms with Crippen LogP contribution in [0.15, 0.2) is 42.5 Å². The van der Waals surface area contributed by atoms with Crippen molar-refractivity contribution in [2.75, 3.05) is 7.05 Å². The Balaban J connectivity index is 2.09. The van der Waals surface area contributed by atoms with Gasteiger partial charge in [-0.05, 0) is 25.6 Å². The van der Waals surface area contributed by atoms with Crippen molar-refractivity contribution >= 4 is 17.2 Å². The molecule has 0 saturated heterocycles. The van der Waals surface area contributed by atoms with Crippen molar-refractivity contribution in [2.24, 2.45) is 5.73 Å². The van der Waals surface area contributed by atoms with Crippen molar-refractivity contribution in [1.82, 2.24) is 4.90 Å². The Labute approximate surface area is 130 Å². The third kappa shape index (κ3) is 4.09. The van der Waals surface area contributed by atoms with E-state index in [0.717, 1.165) is 6.54 Å². The van der Waals surface area contributed by atoms with E-state index in [-0.39, 0.29) is 10.8 Å². The van der Waals surface area contributed by atoms with E-state index in [2.05, 4.69) is 36.1 Å². The van der Waals surface area contributed by atoms with E-state index in [1.54, 1.807) is 18.2 Å². The summed E-state index contributed by atoms with van der Waals surface area (Å²) in [5.41, 5.74) is 8.88. The zero-order valence-electron chi connectivity index (χ0n) is 12.3. The smallest absolute Gasteiger partial charge is 0.137 e. The molecule has 0 unspecified atom stereocenters. The largest absolute Gasteiger partial charge is 0.389 e. The number of nitrogens with zero attached hydrogens (tertiary/aromatic N) is 1. The second-order valence-electron chi connectivity index (χ2n) is 5.30. The molecule has 0 aromatic heterocycles. The lowest BCUT2D eigenvalue weighted by molar-refractivity contribution is 0.313. The van der Waals surface area contributed by atoms with Gasteiger partial charge in [-0.25, -0.2) is 4.39 Å². The molecule has 21 heavy (non-hydrogen) atoms. The minimum Gasteiger partial charge on any atom is -0.389 e. The van der Waals surface area contributed by atoms with Crippen molar-refractivity contribution in [1.29, 1.82) is 0 Å². The number of thiocarbonyl (C=S) groups is 1. The van der Waals surface area contributed by atoms with Crippen molar-refractivity contribution < 1.29 is 4.39 Å². The summed E-state index contributed by atoms with van der Waals surface area (Å²) in [6, 6.07) is 13.5. The Bertz CT molecular complexity index is 638. The van der Waals surface area contributed by atoms with E-state index >= 15 is 0 Å². The first kappa shape index (κ1) is 15.6. The zero-order valence-corrected chi connectivity index (χ0v) is 13.1. The molecular formula is C17H19FN2S. The SMILES string of the molecule is Cc1ccc(CN(C)Cc2cccc(C(N)=S)c2F)cc1. The number of nitrogens with two attached hydrogens (primary N) is 1. The summed E-state index contributed by atoms with van der Waals surface area (Å²) in [6.07, 6.45) is 0. The molecule has 2 rings (SSSR count). The van der Waals surface area contributed by atoms with Gasteiger partial charge < -0.3 is 5.73 Å². The van der Waals surface area contributed by atoms with Gasteiger partial charge in [0.05, 0.1) is 0 Å². The molecule has 0 amide bonds. The Hall–Kier alpha value is -1.78. The Morgan fingerprint density at radius 2 is 1.81 bits per heavy atom. The molecule has 0 aliphatic carbocycles. The van der Waals surface area contributed by atoms with Gasteiger partial charge in [0, 0.05) is 24.2 Å². The van der Waals surface area contributed by atoms with E-state index in [9.17, 15) is 4.39 Å². The normalized spacial score (nSPS) is 10.9. The number of rotatable bonds is 5. The molecule has 2 N–H and O–H groups in total. The highest BCUT2D eigenvalue weighted by Crippen LogP contribution is 2.16. The van der Waals surface area contributed by atoms with Crippen molar-refractivity contribution in [2.45, 2.75) is 20.0 Å². The molecule has 0 aliphatic heterocycles. The molecule has 2 nitrogen and oxygen atoms in total. The Morgan fingerprint density at radius 1 is 1.14 bits per heavy atom. The van der Waals surface area contributed by atoms with Crippen LogP contribution in [0.5, 0.6) is 0 Å². The number of hydrogen-bond donors (Lipinski definition) is 1. The lowest BCUT2D eigenvalue weighted by Crippen LogP contribution is -2.19. The van der Waals surface area contributed by atoms with Gasteiger partial charge in [-0.1, -0.05) is 54.2 Å². The summed E-state index contributed by atoms with van der Waals surface area (Å²) in [6.45, 7) is 3.33. The summed E-state index contributed by atoms with van der Waals surface area (Å²) in [5.74, 6) is -0.319. The molecule has 0 bridgehead atoms. The highest BCUT2D eigenvalue weighted by Gasteiger charge is 2.11. The van der Waals surface area contributed by atoms with Crippen LogP contribution in [0.1, 0.15) is 22.3 Å². The molecule has 4 heteroatoms. The predicted octanol–water partition coefficient (Wildman–Crippen LogP) is 3.40. The standard InChI is InChI=1S/C17H19FN2S/c1-12-6-8-13(9-7-12)10-20(2)11-14-4-3-5-15(16(14)18)17(19)21/h3-9H,10-11H2,1-2H3,(H2,19,21). The van der Waals surface area contributed by atoms with E-state index in [0.29, 0.717) is 17.7 Å². The van der Waals surface area contributed by atoms with Crippen LogP contribution in [0.4, 0.5) is 4.39 Å². The molecule has 2 aromatic rings. The summed E-state index contributed by atoms with van der Waals surface area (Å²) in [5, 5.41) is 0. The van der Waals surface area contributed by atoms with E-state index in [4.69, 9.17) is 18.0 Å². The van der Waals surface area contributed by atoms with Crippen molar-refractivity contribution in [3.05, 3.63) is 70.5 Å². The number of benzene rings is 2. The average molecular weight is 302 g/mol. The number of aryl methyl sites for hydroxylation is 1. The van der Waals surface area contributed by atoms with Gasteiger partial charge in [0.25, 0.3) is 0 Å². The van der Waals surface area contributed by atoms with Crippen LogP contribution in [0.3, 0.4) is 0 Å². The molecule has 0 atom stereocenters. The maximum Gasteiger partial charge on any atom is 0.137 e. The topological polar surface area (TPSA) is 29.3 Å². The van der Waals surface area contributed by atoms with Gasteiger partial charge in [0.15, 0.2) is 0 Å². The van der Waals surface area contributed by atoms with Gasteiger partial charge in [-0.3, -0.25) is 4.90 Å². The van der Waals surface area contributed by atoms with Gasteiger partial charge in [0.2, 0.25) is 0 Å². The van der Waals surface area contributed by atoms with Crippen LogP contribution in [0, 0.1) is 12.7 Å². The summed E-state index contributed by atoms with van der Waals surface area (Å²) in [4.78, 5) is 2.16. The number of halogens is 1. The van der Waals surface area contributed by atoms with E-state index < -0.39 is 0 Å². The highest BCUT2D eigenvalue weighted by atomic mass is 32.1. The zero-order chi connectivity index (χ0) is 15.4. The van der Waals surface area contributed by atoms with Crippen molar-refractivity contribution in [3.63, 3.8) is 0 Å². The second kappa shape index (κ2) is 6.78. The van der Waals surface area contributed by atoms with Crippen LogP contribution in [0.2, 0.25) is 0 Å². The third-order valence-corrected chi connectivity index (χ3v) is 3.58. The fourth-order valence-electron chi connectivity index (χ4n) is 2.24. The highest BCUT2D eigenvalue weighted by molar-refractivity contribution is 7.80. The first-order valence-corrected chi connectivity index (χ1v) is 7.19. The van der Waals surface area contributed by atoms with Gasteiger partial charge >= 0.3 is 0 Å². The minimum atomic E-state index is -0.319. The van der Waals surface area contributed by atoms with Crippen LogP contribution >= 0.6 is 12.2 Å². The molecule has 0 radical (unpaired) electrons. The lowest BCUT2D eigenvalue weighted by atomic mass is 10.1. The molecule has 0 spiro atoms. The van der Waals surface area contributed by atoms with Crippen LogP contribution < -0.4 is 5.73 Å². The van der Waals surface area contributed by atoms with Crippen molar-refractivity contribution in [3.8, 4) is 0 Å². The Morgan fingerprint density at radius 3 is 2.43 bits per heavy atom. The lowest BCUT2D eigenvalue weighted by Gasteiger charge is -2.18. The second-order valence-corrected chi connectivity index (χ2v) is 5.74. The molecule has 0 aliphatic rings. The maximum absolute atomic E-state index is 14.3. The van der Waals surface area contributed by atoms with Crippen LogP contribution in [0.25, 0.3) is 0 Å². The molecule has 2 aromatic carbocycles. The van der Waals surface area contributed by atoms with E-state index in [1.165, 1.54) is 11.1 Å². The fraction of sp³-hybridized carbons (Fsp3) is 0.235. The summed E-state index contributed by atoms with van der Waals surface area (Å²) in [7, 11) is 1.97. The number of hydrogen-bond acceptors (Lipinski definition) is 2. The first-order chi connectivity index (χ1) is 9.97. The molecule has 0 heterocycles. The molecule has 110 valence electrons.